The van der Waals surface area contributed by atoms with Crippen LogP contribution in [0.15, 0.2) is 209 Å². The highest BCUT2D eigenvalue weighted by Gasteiger charge is 2.22. The molecule has 0 bridgehead atoms. The highest BCUT2D eigenvalue weighted by molar-refractivity contribution is 6.14. The zero-order valence-corrected chi connectivity index (χ0v) is 33.6. The van der Waals surface area contributed by atoms with E-state index in [-0.39, 0.29) is 5.82 Å². The minimum atomic E-state index is -0.340. The summed E-state index contributed by atoms with van der Waals surface area (Å²) in [5.74, 6) is 6.21. The molecular formula is C58H33FN2O2. The first-order chi connectivity index (χ1) is 31.1. The molecule has 0 aliphatic carbocycles. The Kier molecular flexibility index (Phi) is 7.66. The van der Waals surface area contributed by atoms with E-state index in [0.717, 1.165) is 110 Å². The van der Waals surface area contributed by atoms with Crippen molar-refractivity contribution in [2.24, 2.45) is 0 Å². The second-order valence-electron chi connectivity index (χ2n) is 16.1. The Morgan fingerprint density at radius 3 is 1.81 bits per heavy atom. The van der Waals surface area contributed by atoms with Crippen molar-refractivity contribution < 1.29 is 13.2 Å². The third-order valence-corrected chi connectivity index (χ3v) is 12.4. The van der Waals surface area contributed by atoms with Gasteiger partial charge in [-0.25, -0.2) is 4.39 Å². The molecule has 0 spiro atoms. The van der Waals surface area contributed by atoms with E-state index in [2.05, 4.69) is 144 Å². The van der Waals surface area contributed by atoms with Crippen molar-refractivity contribution in [3.05, 3.63) is 217 Å². The lowest BCUT2D eigenvalue weighted by Crippen LogP contribution is -2.10. The third kappa shape index (κ3) is 5.63. The second-order valence-corrected chi connectivity index (χ2v) is 16.1. The zero-order valence-electron chi connectivity index (χ0n) is 33.6. The molecule has 0 saturated heterocycles. The van der Waals surface area contributed by atoms with Crippen LogP contribution in [0.3, 0.4) is 0 Å². The largest absolute Gasteiger partial charge is 0.456 e. The van der Waals surface area contributed by atoms with Crippen LogP contribution >= 0.6 is 0 Å². The third-order valence-electron chi connectivity index (χ3n) is 12.4. The lowest BCUT2D eigenvalue weighted by atomic mass is 10.0. The van der Waals surface area contributed by atoms with Crippen LogP contribution in [0.25, 0.3) is 92.9 Å². The van der Waals surface area contributed by atoms with E-state index in [1.165, 1.54) is 6.07 Å². The maximum atomic E-state index is 16.3. The smallest absolute Gasteiger partial charge is 0.148 e. The number of rotatable bonds is 4. The molecule has 0 amide bonds. The van der Waals surface area contributed by atoms with Gasteiger partial charge in [-0.05, 0) is 131 Å². The number of hydrogen-bond donors (Lipinski definition) is 0. The van der Waals surface area contributed by atoms with Crippen molar-refractivity contribution in [1.29, 1.82) is 0 Å². The van der Waals surface area contributed by atoms with Gasteiger partial charge in [0.25, 0.3) is 0 Å². The molecule has 4 nitrogen and oxygen atoms in total. The van der Waals surface area contributed by atoms with Crippen LogP contribution in [0.2, 0.25) is 0 Å². The Hall–Kier alpha value is -8.59. The normalized spacial score (nSPS) is 11.8. The van der Waals surface area contributed by atoms with Gasteiger partial charge in [-0.2, -0.15) is 0 Å². The average Bonchev–Trinajstić information content (AvgIpc) is 3.98. The summed E-state index contributed by atoms with van der Waals surface area (Å²) in [5, 5.41) is 10.8. The molecule has 0 N–H and O–H groups in total. The molecule has 0 saturated carbocycles. The molecule has 0 aliphatic rings. The van der Waals surface area contributed by atoms with Gasteiger partial charge >= 0.3 is 0 Å². The first-order valence-electron chi connectivity index (χ1n) is 21.0. The lowest BCUT2D eigenvalue weighted by Gasteiger charge is -2.26. The van der Waals surface area contributed by atoms with Crippen molar-refractivity contribution >= 4 is 104 Å². The van der Waals surface area contributed by atoms with Crippen LogP contribution < -0.4 is 4.90 Å². The summed E-state index contributed by atoms with van der Waals surface area (Å²) in [6, 6.07) is 68.0. The van der Waals surface area contributed by atoms with Gasteiger partial charge in [0, 0.05) is 54.9 Å². The van der Waals surface area contributed by atoms with Gasteiger partial charge in [0.1, 0.15) is 28.1 Å². The molecule has 294 valence electrons. The van der Waals surface area contributed by atoms with Gasteiger partial charge in [-0.3, -0.25) is 0 Å². The molecule has 0 aliphatic heterocycles. The Labute approximate surface area is 360 Å². The highest BCUT2D eigenvalue weighted by atomic mass is 19.1. The molecule has 0 unspecified atom stereocenters. The lowest BCUT2D eigenvalue weighted by molar-refractivity contribution is 0.620. The van der Waals surface area contributed by atoms with Crippen LogP contribution in [-0.2, 0) is 0 Å². The number of furan rings is 2. The van der Waals surface area contributed by atoms with E-state index < -0.39 is 0 Å². The van der Waals surface area contributed by atoms with Gasteiger partial charge < -0.3 is 18.3 Å². The SMILES string of the molecule is Fc1cccc(C#Cc2ccccc2)c1-n1c2ccccc2c2cc(N(c3ccc4cc5oc6ccccc6c5cc4c3)c3ccc4oc5cc6ccccc6cc5c4c3)ccc21. The van der Waals surface area contributed by atoms with Gasteiger partial charge in [0.2, 0.25) is 0 Å². The van der Waals surface area contributed by atoms with Crippen LogP contribution in [0, 0.1) is 17.7 Å². The monoisotopic (exact) mass is 808 g/mol. The summed E-state index contributed by atoms with van der Waals surface area (Å²) >= 11 is 0. The molecule has 0 atom stereocenters. The standard InChI is InChI=1S/C58H33FN2O2/c59-51-18-10-15-37(22-21-36-11-2-1-3-12-36)58(51)61-52-19-8-6-16-45(52)47-34-43(25-27-53(47)61)60(42-24-23-40-33-56-48(31-41(40)29-42)46-17-7-9-20-54(46)62-56)44-26-28-55-50(35-44)49-30-38-13-4-5-14-39(38)32-57(49)63-55/h1-20,23-35H. The predicted octanol–water partition coefficient (Wildman–Crippen LogP) is 15.9. The number of benzene rings is 10. The fraction of sp³-hybridized carbons (Fsp3) is 0. The second kappa shape index (κ2) is 13.7. The van der Waals surface area contributed by atoms with E-state index in [1.807, 2.05) is 65.2 Å². The average molecular weight is 809 g/mol. The zero-order chi connectivity index (χ0) is 41.6. The van der Waals surface area contributed by atoms with E-state index in [4.69, 9.17) is 8.83 Å². The van der Waals surface area contributed by atoms with Crippen molar-refractivity contribution in [3.63, 3.8) is 0 Å². The summed E-state index contributed by atoms with van der Waals surface area (Å²) in [6.07, 6.45) is 0. The quantitative estimate of drug-likeness (QED) is 0.166. The Morgan fingerprint density at radius 2 is 0.968 bits per heavy atom. The van der Waals surface area contributed by atoms with Crippen LogP contribution in [0.1, 0.15) is 11.1 Å². The van der Waals surface area contributed by atoms with Gasteiger partial charge in [-0.1, -0.05) is 103 Å². The minimum absolute atomic E-state index is 0.340. The van der Waals surface area contributed by atoms with Crippen LogP contribution in [-0.4, -0.2) is 4.57 Å². The molecule has 3 heterocycles. The molecule has 0 fully saturated rings. The Balaban J connectivity index is 1.04. The molecule has 3 aromatic heterocycles. The first-order valence-corrected chi connectivity index (χ1v) is 21.0. The molecule has 5 heteroatoms. The van der Waals surface area contributed by atoms with Crippen molar-refractivity contribution in [2.75, 3.05) is 4.90 Å². The Morgan fingerprint density at radius 1 is 0.381 bits per heavy atom. The van der Waals surface area contributed by atoms with Crippen molar-refractivity contribution in [1.82, 2.24) is 4.57 Å². The topological polar surface area (TPSA) is 34.5 Å². The molecule has 0 radical (unpaired) electrons. The fourth-order valence-corrected chi connectivity index (χ4v) is 9.48. The number of para-hydroxylation sites is 3. The number of fused-ring (bicyclic) bond motifs is 11. The van der Waals surface area contributed by atoms with E-state index in [9.17, 15) is 0 Å². The minimum Gasteiger partial charge on any atom is -0.456 e. The molecule has 13 aromatic rings. The highest BCUT2D eigenvalue weighted by Crippen LogP contribution is 2.44. The number of hydrogen-bond acceptors (Lipinski definition) is 3. The van der Waals surface area contributed by atoms with Crippen molar-refractivity contribution in [3.8, 4) is 17.5 Å². The summed E-state index contributed by atoms with van der Waals surface area (Å²) in [4.78, 5) is 2.31. The number of anilines is 3. The van der Waals surface area contributed by atoms with E-state index >= 15 is 4.39 Å². The summed E-state index contributed by atoms with van der Waals surface area (Å²) in [6.45, 7) is 0. The van der Waals surface area contributed by atoms with Gasteiger partial charge in [0.05, 0.1) is 22.3 Å². The summed E-state index contributed by atoms with van der Waals surface area (Å²) < 4.78 is 31.1. The molecule has 10 aromatic carbocycles. The van der Waals surface area contributed by atoms with E-state index in [1.54, 1.807) is 6.07 Å². The summed E-state index contributed by atoms with van der Waals surface area (Å²) in [7, 11) is 0. The molecular weight excluding hydrogens is 776 g/mol. The Bertz CT molecular complexity index is 4070. The van der Waals surface area contributed by atoms with E-state index in [0.29, 0.717) is 11.3 Å². The molecule has 63 heavy (non-hydrogen) atoms. The van der Waals surface area contributed by atoms with Gasteiger partial charge in [0.15, 0.2) is 0 Å². The number of nitrogens with zero attached hydrogens (tertiary/aromatic N) is 2. The number of aromatic nitrogens is 1. The number of halogens is 1. The maximum Gasteiger partial charge on any atom is 0.148 e. The van der Waals surface area contributed by atoms with Gasteiger partial charge in [-0.15, -0.1) is 0 Å². The predicted molar refractivity (Wildman–Crippen MR) is 257 cm³/mol. The summed E-state index contributed by atoms with van der Waals surface area (Å²) in [5.41, 5.74) is 10.0. The van der Waals surface area contributed by atoms with Crippen LogP contribution in [0.4, 0.5) is 21.5 Å². The fourth-order valence-electron chi connectivity index (χ4n) is 9.48. The molecule has 13 rings (SSSR count). The van der Waals surface area contributed by atoms with Crippen LogP contribution in [0.5, 0.6) is 0 Å². The van der Waals surface area contributed by atoms with Crippen molar-refractivity contribution in [2.45, 2.75) is 0 Å². The first kappa shape index (κ1) is 35.2. The maximum absolute atomic E-state index is 16.3.